The number of aromatic nitrogens is 1. The number of benzene rings is 1. The molecule has 0 bridgehead atoms. The molecule has 3 rings (SSSR count). The Hall–Kier alpha value is -1.61. The Morgan fingerprint density at radius 3 is 2.80 bits per heavy atom. The molecule has 0 fully saturated rings. The summed E-state index contributed by atoms with van der Waals surface area (Å²) in [5.74, 6) is -0.625. The van der Waals surface area contributed by atoms with Crippen LogP contribution in [0.4, 0.5) is 0 Å². The van der Waals surface area contributed by atoms with Gasteiger partial charge in [-0.2, -0.15) is 0 Å². The third kappa shape index (κ3) is 1.80. The summed E-state index contributed by atoms with van der Waals surface area (Å²) in [6.07, 6.45) is 0.916. The topological polar surface area (TPSA) is 50.2 Å². The van der Waals surface area contributed by atoms with E-state index in [2.05, 4.69) is 25.8 Å². The maximum atomic E-state index is 11.8. The number of carboxylic acids is 1. The molecule has 1 unspecified atom stereocenters. The molecule has 0 saturated carbocycles. The lowest BCUT2D eigenvalue weighted by Crippen LogP contribution is -2.18. The van der Waals surface area contributed by atoms with E-state index in [1.54, 1.807) is 18.2 Å². The smallest absolute Gasteiger partial charge is 0.336 e. The van der Waals surface area contributed by atoms with Crippen LogP contribution in [0.5, 0.6) is 0 Å². The lowest BCUT2D eigenvalue weighted by molar-refractivity contribution is 0.0696. The van der Waals surface area contributed by atoms with Crippen molar-refractivity contribution in [3.63, 3.8) is 0 Å². The van der Waals surface area contributed by atoms with E-state index in [0.717, 1.165) is 17.7 Å². The molecule has 20 heavy (non-hydrogen) atoms. The molecule has 0 spiro atoms. The first-order valence-electron chi connectivity index (χ1n) is 6.68. The quantitative estimate of drug-likeness (QED) is 0.848. The molecule has 0 radical (unpaired) electrons. The molecule has 0 amide bonds. The molecule has 1 heterocycles. The van der Waals surface area contributed by atoms with Gasteiger partial charge >= 0.3 is 5.97 Å². The van der Waals surface area contributed by atoms with Gasteiger partial charge in [-0.3, -0.25) is 4.98 Å². The molecule has 1 aromatic carbocycles. The number of hydrogen-bond donors (Lipinski definition) is 1. The Balaban J connectivity index is 2.49. The van der Waals surface area contributed by atoms with Crippen molar-refractivity contribution in [3.05, 3.63) is 40.0 Å². The molecule has 1 aromatic heterocycles. The predicted molar refractivity (Wildman–Crippen MR) is 79.8 cm³/mol. The van der Waals surface area contributed by atoms with E-state index in [1.165, 1.54) is 0 Å². The molecule has 3 nitrogen and oxygen atoms in total. The van der Waals surface area contributed by atoms with Gasteiger partial charge in [0.1, 0.15) is 0 Å². The molecule has 0 saturated heterocycles. The van der Waals surface area contributed by atoms with Crippen LogP contribution in [0.3, 0.4) is 0 Å². The molecule has 1 aliphatic rings. The van der Waals surface area contributed by atoms with E-state index in [-0.39, 0.29) is 11.3 Å². The number of carboxylic acid groups (broad SMARTS) is 1. The highest BCUT2D eigenvalue weighted by Gasteiger charge is 2.40. The number of aromatic carboxylic acids is 1. The van der Waals surface area contributed by atoms with E-state index in [0.29, 0.717) is 21.5 Å². The largest absolute Gasteiger partial charge is 0.478 e. The molecule has 104 valence electrons. The van der Waals surface area contributed by atoms with E-state index in [1.807, 2.05) is 0 Å². The number of hydrogen-bond acceptors (Lipinski definition) is 2. The standard InChI is InChI=1S/C16H16ClNO2/c1-8-7-16(2,3)13-12(15(19)20)10-5-4-9(17)6-11(10)18-14(8)13/h4-6,8H,7H2,1-3H3,(H,19,20). The van der Waals surface area contributed by atoms with Crippen LogP contribution in [0, 0.1) is 0 Å². The summed E-state index contributed by atoms with van der Waals surface area (Å²) in [6, 6.07) is 5.21. The summed E-state index contributed by atoms with van der Waals surface area (Å²) < 4.78 is 0. The number of nitrogens with zero attached hydrogens (tertiary/aromatic N) is 1. The van der Waals surface area contributed by atoms with Gasteiger partial charge in [0.05, 0.1) is 11.1 Å². The van der Waals surface area contributed by atoms with Crippen LogP contribution in [0.1, 0.15) is 54.7 Å². The minimum Gasteiger partial charge on any atom is -0.478 e. The molecule has 1 N–H and O–H groups in total. The van der Waals surface area contributed by atoms with Crippen LogP contribution in [0.25, 0.3) is 10.9 Å². The molecule has 1 atom stereocenters. The fourth-order valence-corrected chi connectivity index (χ4v) is 3.65. The highest BCUT2D eigenvalue weighted by Crippen LogP contribution is 2.47. The lowest BCUT2D eigenvalue weighted by Gasteiger charge is -2.21. The SMILES string of the molecule is CC1CC(C)(C)c2c1nc1cc(Cl)ccc1c2C(=O)O. The predicted octanol–water partition coefficient (Wildman–Crippen LogP) is 4.37. The van der Waals surface area contributed by atoms with Crippen molar-refractivity contribution in [2.24, 2.45) is 0 Å². The van der Waals surface area contributed by atoms with Crippen LogP contribution in [0.15, 0.2) is 18.2 Å². The summed E-state index contributed by atoms with van der Waals surface area (Å²) in [5, 5.41) is 10.9. The third-order valence-electron chi connectivity index (χ3n) is 4.15. The summed E-state index contributed by atoms with van der Waals surface area (Å²) in [6.45, 7) is 6.28. The van der Waals surface area contributed by atoms with Gasteiger partial charge in [0.25, 0.3) is 0 Å². The highest BCUT2D eigenvalue weighted by atomic mass is 35.5. The van der Waals surface area contributed by atoms with Gasteiger partial charge in [-0.1, -0.05) is 38.4 Å². The van der Waals surface area contributed by atoms with Gasteiger partial charge in [-0.15, -0.1) is 0 Å². The Bertz CT molecular complexity index is 737. The van der Waals surface area contributed by atoms with Crippen LogP contribution >= 0.6 is 11.6 Å². The Kier molecular flexibility index (Phi) is 2.80. The minimum atomic E-state index is -0.891. The Morgan fingerprint density at radius 1 is 1.45 bits per heavy atom. The monoisotopic (exact) mass is 289 g/mol. The second-order valence-electron chi connectivity index (χ2n) is 6.20. The van der Waals surface area contributed by atoms with E-state index >= 15 is 0 Å². The number of carbonyl (C=O) groups is 1. The summed E-state index contributed by atoms with van der Waals surface area (Å²) in [4.78, 5) is 16.5. The number of fused-ring (bicyclic) bond motifs is 2. The van der Waals surface area contributed by atoms with E-state index in [9.17, 15) is 9.90 Å². The molecular formula is C16H16ClNO2. The average molecular weight is 290 g/mol. The summed E-state index contributed by atoms with van der Waals surface area (Å²) >= 11 is 6.01. The fourth-order valence-electron chi connectivity index (χ4n) is 3.49. The van der Waals surface area contributed by atoms with Gasteiger partial charge in [0, 0.05) is 16.1 Å². The highest BCUT2D eigenvalue weighted by molar-refractivity contribution is 6.31. The average Bonchev–Trinajstić information content (AvgIpc) is 2.56. The molecular weight excluding hydrogens is 274 g/mol. The first-order valence-corrected chi connectivity index (χ1v) is 7.06. The van der Waals surface area contributed by atoms with Gasteiger partial charge in [0.2, 0.25) is 0 Å². The van der Waals surface area contributed by atoms with Gasteiger partial charge in [0.15, 0.2) is 0 Å². The Labute approximate surface area is 122 Å². The zero-order chi connectivity index (χ0) is 14.7. The van der Waals surface area contributed by atoms with Crippen molar-refractivity contribution in [1.82, 2.24) is 4.98 Å². The minimum absolute atomic E-state index is 0.163. The Morgan fingerprint density at radius 2 is 2.15 bits per heavy atom. The van der Waals surface area contributed by atoms with Crippen LogP contribution in [0.2, 0.25) is 5.02 Å². The summed E-state index contributed by atoms with van der Waals surface area (Å²) in [7, 11) is 0. The van der Waals surface area contributed by atoms with Crippen LogP contribution in [-0.4, -0.2) is 16.1 Å². The zero-order valence-corrected chi connectivity index (χ0v) is 12.5. The third-order valence-corrected chi connectivity index (χ3v) is 4.39. The zero-order valence-electron chi connectivity index (χ0n) is 11.7. The number of pyridine rings is 1. The van der Waals surface area contributed by atoms with Crippen molar-refractivity contribution in [1.29, 1.82) is 0 Å². The number of halogens is 1. The summed E-state index contributed by atoms with van der Waals surface area (Å²) in [5.41, 5.74) is 2.67. The maximum Gasteiger partial charge on any atom is 0.336 e. The van der Waals surface area contributed by atoms with E-state index < -0.39 is 5.97 Å². The molecule has 4 heteroatoms. The number of rotatable bonds is 1. The van der Waals surface area contributed by atoms with Crippen LogP contribution < -0.4 is 0 Å². The molecule has 1 aliphatic carbocycles. The van der Waals surface area contributed by atoms with Crippen molar-refractivity contribution < 1.29 is 9.90 Å². The van der Waals surface area contributed by atoms with Crippen LogP contribution in [-0.2, 0) is 5.41 Å². The van der Waals surface area contributed by atoms with Crippen molar-refractivity contribution >= 4 is 28.5 Å². The van der Waals surface area contributed by atoms with Crippen molar-refractivity contribution in [2.45, 2.75) is 38.5 Å². The first kappa shape index (κ1) is 13.4. The second-order valence-corrected chi connectivity index (χ2v) is 6.64. The molecule has 0 aliphatic heterocycles. The van der Waals surface area contributed by atoms with Gasteiger partial charge < -0.3 is 5.11 Å². The van der Waals surface area contributed by atoms with Gasteiger partial charge in [-0.05, 0) is 35.4 Å². The lowest BCUT2D eigenvalue weighted by atomic mass is 9.83. The van der Waals surface area contributed by atoms with Crippen molar-refractivity contribution in [3.8, 4) is 0 Å². The molecule has 2 aromatic rings. The normalized spacial score (nSPS) is 20.1. The van der Waals surface area contributed by atoms with Gasteiger partial charge in [-0.25, -0.2) is 4.79 Å². The maximum absolute atomic E-state index is 11.8. The first-order chi connectivity index (χ1) is 9.31. The second kappa shape index (κ2) is 4.19. The van der Waals surface area contributed by atoms with E-state index in [4.69, 9.17) is 11.6 Å². The van der Waals surface area contributed by atoms with Crippen molar-refractivity contribution in [2.75, 3.05) is 0 Å². The fraction of sp³-hybridized carbons (Fsp3) is 0.375.